The number of hydrogen-bond acceptors (Lipinski definition) is 4. The quantitative estimate of drug-likeness (QED) is 0.570. The molecule has 4 aromatic rings. The molecule has 0 amide bonds. The van der Waals surface area contributed by atoms with Gasteiger partial charge in [0.25, 0.3) is 5.56 Å². The van der Waals surface area contributed by atoms with Gasteiger partial charge in [0.15, 0.2) is 0 Å². The SMILES string of the molecule is COc1ccccc1-n1nc2c(c1N)c(=O)n(P)c1ccccc21. The molecule has 1 atom stereocenters. The molecular weight excluding hydrogens is 323 g/mol. The average molecular weight is 338 g/mol. The maximum Gasteiger partial charge on any atom is 0.267 e. The summed E-state index contributed by atoms with van der Waals surface area (Å²) in [6.07, 6.45) is 0. The number of para-hydroxylation sites is 3. The van der Waals surface area contributed by atoms with Gasteiger partial charge in [-0.25, -0.2) is 4.68 Å². The lowest BCUT2D eigenvalue weighted by Gasteiger charge is -2.08. The lowest BCUT2D eigenvalue weighted by Crippen LogP contribution is -2.14. The number of fused-ring (bicyclic) bond motifs is 3. The van der Waals surface area contributed by atoms with E-state index in [1.807, 2.05) is 48.5 Å². The number of rotatable bonds is 2. The van der Waals surface area contributed by atoms with Gasteiger partial charge in [0, 0.05) is 5.39 Å². The van der Waals surface area contributed by atoms with Crippen molar-refractivity contribution in [3.05, 3.63) is 58.9 Å². The Hall–Kier alpha value is -2.85. The third-order valence-corrected chi connectivity index (χ3v) is 4.60. The van der Waals surface area contributed by atoms with Gasteiger partial charge in [-0.15, -0.1) is 0 Å². The average Bonchev–Trinajstić information content (AvgIpc) is 2.97. The Morgan fingerprint density at radius 1 is 1.12 bits per heavy atom. The summed E-state index contributed by atoms with van der Waals surface area (Å²) in [5.41, 5.74) is 8.13. The number of methoxy groups -OCH3 is 1. The van der Waals surface area contributed by atoms with Crippen molar-refractivity contribution >= 4 is 37.0 Å². The summed E-state index contributed by atoms with van der Waals surface area (Å²) >= 11 is 0. The molecule has 0 spiro atoms. The van der Waals surface area contributed by atoms with Crippen LogP contribution in [0.2, 0.25) is 0 Å². The first-order valence-corrected chi connectivity index (χ1v) is 7.85. The van der Waals surface area contributed by atoms with E-state index in [2.05, 4.69) is 14.5 Å². The third-order valence-electron chi connectivity index (χ3n) is 4.09. The summed E-state index contributed by atoms with van der Waals surface area (Å²) in [6, 6.07) is 15.0. The molecule has 2 heterocycles. The predicted octanol–water partition coefficient (Wildman–Crippen LogP) is 2.57. The summed E-state index contributed by atoms with van der Waals surface area (Å²) in [6.45, 7) is 0. The molecule has 2 N–H and O–H groups in total. The summed E-state index contributed by atoms with van der Waals surface area (Å²) < 4.78 is 8.46. The van der Waals surface area contributed by atoms with Crippen LogP contribution in [-0.4, -0.2) is 21.2 Å². The lowest BCUT2D eigenvalue weighted by molar-refractivity contribution is 0.412. The molecule has 1 unspecified atom stereocenters. The zero-order valence-electron chi connectivity index (χ0n) is 12.9. The van der Waals surface area contributed by atoms with Gasteiger partial charge in [-0.05, 0) is 27.6 Å². The summed E-state index contributed by atoms with van der Waals surface area (Å²) in [4.78, 5) is 12.7. The maximum atomic E-state index is 12.7. The largest absolute Gasteiger partial charge is 0.494 e. The van der Waals surface area contributed by atoms with Crippen molar-refractivity contribution in [2.24, 2.45) is 0 Å². The molecule has 120 valence electrons. The highest BCUT2D eigenvalue weighted by atomic mass is 31.0. The van der Waals surface area contributed by atoms with Crippen molar-refractivity contribution < 1.29 is 4.74 Å². The number of pyridine rings is 1. The molecule has 2 aromatic heterocycles. The topological polar surface area (TPSA) is 75.1 Å². The van der Waals surface area contributed by atoms with Crippen LogP contribution in [0, 0.1) is 0 Å². The number of aromatic nitrogens is 3. The fourth-order valence-corrected chi connectivity index (χ4v) is 3.29. The second kappa shape index (κ2) is 5.35. The molecule has 24 heavy (non-hydrogen) atoms. The van der Waals surface area contributed by atoms with Crippen molar-refractivity contribution in [2.75, 3.05) is 12.8 Å². The number of nitrogen functional groups attached to an aromatic ring is 1. The first-order chi connectivity index (χ1) is 11.6. The molecule has 0 aliphatic heterocycles. The molecule has 0 aliphatic rings. The van der Waals surface area contributed by atoms with Gasteiger partial charge in [0.05, 0.1) is 12.6 Å². The van der Waals surface area contributed by atoms with E-state index in [0.717, 1.165) is 10.9 Å². The zero-order chi connectivity index (χ0) is 16.8. The van der Waals surface area contributed by atoms with Crippen LogP contribution in [0.5, 0.6) is 5.75 Å². The van der Waals surface area contributed by atoms with Crippen LogP contribution < -0.4 is 16.0 Å². The van der Waals surface area contributed by atoms with Crippen molar-refractivity contribution in [3.8, 4) is 11.4 Å². The van der Waals surface area contributed by atoms with Gasteiger partial charge >= 0.3 is 0 Å². The van der Waals surface area contributed by atoms with Crippen LogP contribution in [0.3, 0.4) is 0 Å². The Morgan fingerprint density at radius 2 is 1.83 bits per heavy atom. The highest BCUT2D eigenvalue weighted by molar-refractivity contribution is 7.14. The van der Waals surface area contributed by atoms with E-state index in [-0.39, 0.29) is 5.56 Å². The van der Waals surface area contributed by atoms with Crippen molar-refractivity contribution in [1.82, 2.24) is 14.1 Å². The van der Waals surface area contributed by atoms with Crippen LogP contribution in [0.1, 0.15) is 0 Å². The van der Waals surface area contributed by atoms with Crippen LogP contribution in [-0.2, 0) is 0 Å². The fourth-order valence-electron chi connectivity index (χ4n) is 2.93. The van der Waals surface area contributed by atoms with E-state index in [9.17, 15) is 4.79 Å². The highest BCUT2D eigenvalue weighted by Crippen LogP contribution is 2.31. The van der Waals surface area contributed by atoms with E-state index < -0.39 is 0 Å². The molecule has 0 radical (unpaired) electrons. The summed E-state index contributed by atoms with van der Waals surface area (Å²) in [5, 5.41) is 5.87. The fraction of sp³-hybridized carbons (Fsp3) is 0.0588. The number of anilines is 1. The zero-order valence-corrected chi connectivity index (χ0v) is 14.1. The predicted molar refractivity (Wildman–Crippen MR) is 98.9 cm³/mol. The van der Waals surface area contributed by atoms with E-state index in [4.69, 9.17) is 10.5 Å². The smallest absolute Gasteiger partial charge is 0.267 e. The molecule has 4 rings (SSSR count). The molecule has 2 aromatic carbocycles. The molecule has 6 nitrogen and oxygen atoms in total. The molecular formula is C17H15N4O2P. The minimum atomic E-state index is -0.202. The number of hydrogen-bond donors (Lipinski definition) is 1. The van der Waals surface area contributed by atoms with Crippen LogP contribution in [0.15, 0.2) is 53.3 Å². The molecule has 0 bridgehead atoms. The molecule has 7 heteroatoms. The monoisotopic (exact) mass is 338 g/mol. The van der Waals surface area contributed by atoms with E-state index in [0.29, 0.717) is 28.2 Å². The Kier molecular flexibility index (Phi) is 3.28. The first-order valence-electron chi connectivity index (χ1n) is 7.34. The standard InChI is InChI=1S/C17H15N4O2P/c1-23-13-9-5-4-8-12(13)20-16(18)14-15(19-20)10-6-2-3-7-11(10)21(24)17(14)22/h2-9H,18,24H2,1H3. The van der Waals surface area contributed by atoms with Crippen LogP contribution in [0.25, 0.3) is 27.5 Å². The second-order valence-electron chi connectivity index (χ2n) is 5.38. The van der Waals surface area contributed by atoms with Gasteiger partial charge in [0.1, 0.15) is 28.2 Å². The number of nitrogens with zero attached hydrogens (tertiary/aromatic N) is 3. The number of ether oxygens (including phenoxy) is 1. The molecule has 0 saturated heterocycles. The Morgan fingerprint density at radius 3 is 2.62 bits per heavy atom. The Bertz CT molecular complexity index is 1150. The number of nitrogens with two attached hydrogens (primary N) is 1. The minimum absolute atomic E-state index is 0.202. The third kappa shape index (κ3) is 1.93. The van der Waals surface area contributed by atoms with Crippen molar-refractivity contribution in [1.29, 1.82) is 0 Å². The van der Waals surface area contributed by atoms with Crippen molar-refractivity contribution in [3.63, 3.8) is 0 Å². The lowest BCUT2D eigenvalue weighted by atomic mass is 10.1. The van der Waals surface area contributed by atoms with E-state index in [1.165, 1.54) is 4.34 Å². The molecule has 0 aliphatic carbocycles. The van der Waals surface area contributed by atoms with Crippen LogP contribution >= 0.6 is 9.39 Å². The normalized spacial score (nSPS) is 11.2. The van der Waals surface area contributed by atoms with E-state index in [1.54, 1.807) is 11.8 Å². The first kappa shape index (κ1) is 14.7. The van der Waals surface area contributed by atoms with Gasteiger partial charge in [0.2, 0.25) is 0 Å². The van der Waals surface area contributed by atoms with Gasteiger partial charge in [-0.1, -0.05) is 30.3 Å². The Labute approximate surface area is 139 Å². The summed E-state index contributed by atoms with van der Waals surface area (Å²) in [7, 11) is 4.03. The molecule has 0 fully saturated rings. The van der Waals surface area contributed by atoms with Crippen LogP contribution in [0.4, 0.5) is 5.82 Å². The summed E-state index contributed by atoms with van der Waals surface area (Å²) in [5.74, 6) is 0.925. The molecule has 0 saturated carbocycles. The van der Waals surface area contributed by atoms with Gasteiger partial charge < -0.3 is 10.5 Å². The van der Waals surface area contributed by atoms with Gasteiger partial charge in [-0.3, -0.25) is 9.13 Å². The Balaban J connectivity index is 2.18. The van der Waals surface area contributed by atoms with Crippen molar-refractivity contribution in [2.45, 2.75) is 0 Å². The minimum Gasteiger partial charge on any atom is -0.494 e. The van der Waals surface area contributed by atoms with Gasteiger partial charge in [-0.2, -0.15) is 5.10 Å². The maximum absolute atomic E-state index is 12.7. The highest BCUT2D eigenvalue weighted by Gasteiger charge is 2.19. The second-order valence-corrected chi connectivity index (χ2v) is 5.90. The number of benzene rings is 2. The van der Waals surface area contributed by atoms with E-state index >= 15 is 0 Å².